The highest BCUT2D eigenvalue weighted by Gasteiger charge is 2.42. The highest BCUT2D eigenvalue weighted by Crippen LogP contribution is 2.48. The molecule has 0 aliphatic carbocycles. The number of methoxy groups -OCH3 is 1. The summed E-state index contributed by atoms with van der Waals surface area (Å²) in [6, 6.07) is 2.90. The van der Waals surface area contributed by atoms with Gasteiger partial charge >= 0.3 is 18.2 Å². The third-order valence-electron chi connectivity index (χ3n) is 15.4. The molecule has 0 radical (unpaired) electrons. The number of carbonyl (C=O) groups is 9. The Hall–Kier alpha value is -9.73. The van der Waals surface area contributed by atoms with Crippen molar-refractivity contribution in [2.75, 3.05) is 20.7 Å². The molecule has 27 nitrogen and oxygen atoms in total. The average molecular weight is 1360 g/mol. The van der Waals surface area contributed by atoms with E-state index in [-0.39, 0.29) is 99.5 Å². The Kier molecular flexibility index (Phi) is 21.9. The largest absolute Gasteiger partial charge is 0.508 e. The number of phenolic OH excluding ortho intramolecular Hbond substituents is 4. The number of nitrogens with zero attached hydrogens (tertiary/aromatic N) is 1. The predicted molar refractivity (Wildman–Crippen MR) is 342 cm³/mol. The fraction of sp³-hybridized carbons (Fsp3) is 0.409. The minimum Gasteiger partial charge on any atom is -0.508 e. The molecule has 8 atom stereocenters. The molecular weight excluding hydrogens is 1280 g/mol. The maximum absolute atomic E-state index is 15.8. The summed E-state index contributed by atoms with van der Waals surface area (Å²) in [7, 11) is 2.35. The number of aliphatic hydroxyl groups excluding tert-OH is 1. The zero-order valence-electron chi connectivity index (χ0n) is 53.6. The lowest BCUT2D eigenvalue weighted by molar-refractivity contribution is -0.146. The van der Waals surface area contributed by atoms with Crippen LogP contribution in [0, 0.1) is 5.92 Å². The molecule has 0 saturated carbocycles. The highest BCUT2D eigenvalue weighted by atomic mass is 35.5. The van der Waals surface area contributed by atoms with Crippen molar-refractivity contribution in [1.29, 1.82) is 0 Å². The number of ether oxygens (including phenoxy) is 5. The van der Waals surface area contributed by atoms with Crippen molar-refractivity contribution in [3.8, 4) is 57.1 Å². The van der Waals surface area contributed by atoms with Gasteiger partial charge < -0.3 is 86.4 Å². The minimum absolute atomic E-state index is 0.0212. The molecule has 0 unspecified atom stereocenters. The van der Waals surface area contributed by atoms with E-state index in [1.807, 2.05) is 13.8 Å². The van der Waals surface area contributed by atoms with Gasteiger partial charge in [-0.3, -0.25) is 33.7 Å². The number of aromatic hydroxyl groups is 4. The Balaban J connectivity index is 1.32. The van der Waals surface area contributed by atoms with Gasteiger partial charge in [-0.05, 0) is 150 Å². The Morgan fingerprint density at radius 3 is 1.91 bits per heavy atom. The van der Waals surface area contributed by atoms with Gasteiger partial charge in [-0.1, -0.05) is 55.2 Å². The molecule has 0 spiro atoms. The summed E-state index contributed by atoms with van der Waals surface area (Å²) < 4.78 is 28.6. The number of fused-ring (bicyclic) bond motifs is 15. The number of unbranched alkanes of at least 4 members (excludes halogenated alkanes) is 1. The second-order valence-corrected chi connectivity index (χ2v) is 26.3. The van der Waals surface area contributed by atoms with E-state index in [0.717, 1.165) is 54.5 Å². The number of aliphatic hydroxyl groups is 1. The summed E-state index contributed by atoms with van der Waals surface area (Å²) in [5.74, 6) is -12.0. The molecule has 10 rings (SSSR count). The number of esters is 1. The van der Waals surface area contributed by atoms with E-state index in [1.54, 1.807) is 41.5 Å². The fourth-order valence-corrected chi connectivity index (χ4v) is 11.2. The zero-order valence-corrected chi connectivity index (χ0v) is 55.1. The van der Waals surface area contributed by atoms with Crippen LogP contribution in [0.1, 0.15) is 133 Å². The van der Waals surface area contributed by atoms with E-state index >= 15 is 19.2 Å². The van der Waals surface area contributed by atoms with Crippen LogP contribution in [-0.2, 0) is 54.2 Å². The molecule has 11 bridgehead atoms. The molecule has 5 aliphatic rings. The molecule has 0 saturated heterocycles. The predicted octanol–water partition coefficient (Wildman–Crippen LogP) is 7.46. The first kappa shape index (κ1) is 71.1. The molecule has 508 valence electrons. The number of rotatable bonds is 11. The van der Waals surface area contributed by atoms with Crippen LogP contribution < -0.4 is 46.7 Å². The molecule has 29 heteroatoms. The molecule has 0 fully saturated rings. The van der Waals surface area contributed by atoms with Gasteiger partial charge in [-0.25, -0.2) is 14.4 Å². The van der Waals surface area contributed by atoms with Crippen LogP contribution >= 0.6 is 23.2 Å². The lowest BCUT2D eigenvalue weighted by Crippen LogP contribution is -2.58. The number of nitrogens with one attached hydrogen (secondary N) is 7. The van der Waals surface area contributed by atoms with E-state index in [9.17, 15) is 49.5 Å². The second kappa shape index (κ2) is 29.3. The summed E-state index contributed by atoms with van der Waals surface area (Å²) in [6.07, 6.45) is -3.82. The van der Waals surface area contributed by atoms with E-state index in [2.05, 4.69) is 37.2 Å². The Morgan fingerprint density at radius 2 is 1.28 bits per heavy atom. The van der Waals surface area contributed by atoms with Gasteiger partial charge in [0.1, 0.15) is 82.3 Å². The maximum atomic E-state index is 15.8. The minimum atomic E-state index is -2.13. The molecule has 8 amide bonds. The average Bonchev–Trinajstić information content (AvgIpc) is 0.773. The van der Waals surface area contributed by atoms with E-state index in [4.69, 9.17) is 46.9 Å². The van der Waals surface area contributed by atoms with Gasteiger partial charge in [0.15, 0.2) is 17.5 Å². The van der Waals surface area contributed by atoms with E-state index in [0.29, 0.717) is 5.56 Å². The third-order valence-corrected chi connectivity index (χ3v) is 15.9. The zero-order chi connectivity index (χ0) is 69.7. The van der Waals surface area contributed by atoms with Crippen LogP contribution in [0.4, 0.5) is 9.59 Å². The molecule has 5 heterocycles. The Morgan fingerprint density at radius 1 is 0.674 bits per heavy atom. The molecule has 12 N–H and O–H groups in total. The Bertz CT molecular complexity index is 3830. The number of amides is 8. The van der Waals surface area contributed by atoms with Crippen molar-refractivity contribution >= 4 is 76.8 Å². The number of carbonyl (C=O) groups excluding carboxylic acids is 9. The SMILES string of the molecule is COC(=O)[C@@H]1NC(=O)[C@H]2NC(=O)[C@H](NC(=O)[C@@H]3NC(=O)[C@H](CCCCNC(=O)OC(C)(C)C)NC(=O)[C@H](NC(=O)[C@@H](CC(C)C)N(C)C(=O)OC(C)(C)C)Cc4ccc(c(Cl)c4)Oc4cc3cc(c4O)Oc3ccc(cc3Cl)[C@H]2O)c2ccc(O)c(c2)-c2c(O)cc(O)cc21. The summed E-state index contributed by atoms with van der Waals surface area (Å²) >= 11 is 13.8. The molecular formula is C66H76Cl2N8O19. The van der Waals surface area contributed by atoms with Crippen molar-refractivity contribution in [2.24, 2.45) is 5.92 Å². The smallest absolute Gasteiger partial charge is 0.410 e. The molecule has 5 aromatic rings. The van der Waals surface area contributed by atoms with Crippen LogP contribution in [0.5, 0.6) is 46.0 Å². The quantitative estimate of drug-likeness (QED) is 0.0347. The molecule has 95 heavy (non-hydrogen) atoms. The van der Waals surface area contributed by atoms with Gasteiger partial charge in [0.25, 0.3) is 0 Å². The van der Waals surface area contributed by atoms with Crippen LogP contribution in [0.2, 0.25) is 10.0 Å². The topological polar surface area (TPSA) is 388 Å². The molecule has 0 aromatic heterocycles. The first-order valence-electron chi connectivity index (χ1n) is 30.3. The third kappa shape index (κ3) is 17.4. The van der Waals surface area contributed by atoms with Crippen molar-refractivity contribution in [3.63, 3.8) is 0 Å². The van der Waals surface area contributed by atoms with Gasteiger partial charge in [-0.15, -0.1) is 0 Å². The van der Waals surface area contributed by atoms with Crippen molar-refractivity contribution < 1.29 is 92.4 Å². The summed E-state index contributed by atoms with van der Waals surface area (Å²) in [5.41, 5.74) is -3.15. The number of phenols is 4. The van der Waals surface area contributed by atoms with Crippen LogP contribution in [-0.4, -0.2) is 140 Å². The number of halogens is 2. The van der Waals surface area contributed by atoms with Crippen LogP contribution in [0.3, 0.4) is 0 Å². The van der Waals surface area contributed by atoms with Crippen molar-refractivity contribution in [2.45, 2.75) is 147 Å². The van der Waals surface area contributed by atoms with Crippen molar-refractivity contribution in [3.05, 3.63) is 117 Å². The maximum Gasteiger partial charge on any atom is 0.410 e. The summed E-state index contributed by atoms with van der Waals surface area (Å²) in [4.78, 5) is 132. The monoisotopic (exact) mass is 1350 g/mol. The fourth-order valence-electron chi connectivity index (χ4n) is 10.8. The highest BCUT2D eigenvalue weighted by molar-refractivity contribution is 6.32. The Labute approximate surface area is 556 Å². The number of likely N-dealkylation sites (N-methyl/N-ethyl adjacent to an activating group) is 1. The van der Waals surface area contributed by atoms with Crippen LogP contribution in [0.25, 0.3) is 11.1 Å². The van der Waals surface area contributed by atoms with Gasteiger partial charge in [-0.2, -0.15) is 0 Å². The molecule has 5 aromatic carbocycles. The first-order valence-corrected chi connectivity index (χ1v) is 31.1. The molecule has 5 aliphatic heterocycles. The van der Waals surface area contributed by atoms with E-state index < -0.39 is 148 Å². The lowest BCUT2D eigenvalue weighted by Gasteiger charge is -2.32. The summed E-state index contributed by atoms with van der Waals surface area (Å²) in [5, 5.41) is 76.3. The van der Waals surface area contributed by atoms with Gasteiger partial charge in [0, 0.05) is 42.8 Å². The number of hydrogen-bond acceptors (Lipinski definition) is 19. The lowest BCUT2D eigenvalue weighted by atomic mass is 9.89. The first-order chi connectivity index (χ1) is 44.6. The van der Waals surface area contributed by atoms with Crippen molar-refractivity contribution in [1.82, 2.24) is 42.1 Å². The number of hydrogen-bond donors (Lipinski definition) is 12. The van der Waals surface area contributed by atoms with E-state index in [1.165, 1.54) is 43.4 Å². The number of benzene rings is 5. The number of alkyl carbamates (subject to hydrolysis) is 1. The normalized spacial score (nSPS) is 20.1. The standard InChI is InChI=1S/C66H76Cl2N8O19/c1-30(2)21-42(76(9)64(90)95-66(6,7)8)58(84)71-41-23-31-14-18-45(38(67)22-31)92-47-26-34-27-48(55(47)81)93-46-19-16-33(25-39(46)68)54(80)53-61(87)74-52(62(88)91-10)37-28-35(77)29-44(79)49(37)36-24-32(15-17-43(36)78)50(59(85)75-53)73-60(86)51(34)72-56(82)40(70-57(41)83)13-11-12-20-69-63(89)94-65(3,4)5/h14-19,22,24-30,40-42,50-54,77-81H,11-13,20-21,23H2,1-10H3,(H,69,89)(H,70,83)(H,71,84)(H,72,82)(H,73,86)(H,74,87)(H,75,85)/t40-,41+,42+,50+,51+,52+,53-,54+/m0/s1. The van der Waals surface area contributed by atoms with Crippen LogP contribution in [0.15, 0.2) is 78.9 Å². The van der Waals surface area contributed by atoms with Gasteiger partial charge in [0.2, 0.25) is 41.2 Å². The second-order valence-electron chi connectivity index (χ2n) is 25.5. The van der Waals surface area contributed by atoms with Gasteiger partial charge in [0.05, 0.1) is 17.2 Å². The summed E-state index contributed by atoms with van der Waals surface area (Å²) in [6.45, 7) is 13.7.